The van der Waals surface area contributed by atoms with E-state index in [1.54, 1.807) is 48.5 Å². The Morgan fingerprint density at radius 1 is 0.921 bits per heavy atom. The Labute approximate surface area is 228 Å². The van der Waals surface area contributed by atoms with Crippen molar-refractivity contribution >= 4 is 52.2 Å². The smallest absolute Gasteiger partial charge is 0.343 e. The number of ether oxygens (including phenoxy) is 1. The molecule has 188 valence electrons. The number of nitrogens with one attached hydrogen (secondary N) is 2. The number of aromatic nitrogens is 1. The number of nitrogens with zero attached hydrogens (tertiary/aromatic N) is 1. The van der Waals surface area contributed by atoms with Crippen molar-refractivity contribution in [3.05, 3.63) is 123 Å². The summed E-state index contributed by atoms with van der Waals surface area (Å²) < 4.78 is 5.58. The molecule has 0 bridgehead atoms. The van der Waals surface area contributed by atoms with Gasteiger partial charge in [-0.15, -0.1) is 0 Å². The van der Waals surface area contributed by atoms with E-state index in [1.807, 2.05) is 49.4 Å². The van der Waals surface area contributed by atoms with Crippen LogP contribution in [0.1, 0.15) is 32.0 Å². The lowest BCUT2D eigenvalue weighted by Crippen LogP contribution is -2.19. The molecule has 0 radical (unpaired) electrons. The summed E-state index contributed by atoms with van der Waals surface area (Å²) in [6.45, 7) is 1.94. The van der Waals surface area contributed by atoms with Gasteiger partial charge in [-0.2, -0.15) is 5.10 Å². The van der Waals surface area contributed by atoms with Crippen LogP contribution < -0.4 is 10.2 Å². The predicted octanol–water partition coefficient (Wildman–Crippen LogP) is 7.43. The topological polar surface area (TPSA) is 83.5 Å². The molecule has 1 heterocycles. The minimum absolute atomic E-state index is 0.284. The Morgan fingerprint density at radius 2 is 1.63 bits per heavy atom. The van der Waals surface area contributed by atoms with Crippen LogP contribution in [0.25, 0.3) is 22.0 Å². The Bertz CT molecular complexity index is 1680. The lowest BCUT2D eigenvalue weighted by Gasteiger charge is -2.08. The van der Waals surface area contributed by atoms with Crippen molar-refractivity contribution in [1.82, 2.24) is 10.4 Å². The summed E-state index contributed by atoms with van der Waals surface area (Å²) in [4.78, 5) is 29.0. The highest BCUT2D eigenvalue weighted by atomic mass is 35.5. The number of amides is 1. The van der Waals surface area contributed by atoms with Crippen molar-refractivity contribution in [3.63, 3.8) is 0 Å². The lowest BCUT2D eigenvalue weighted by atomic mass is 10.0. The standard InChI is InChI=1S/C30H21Cl2N3O3/c1-18-11-13-20(14-12-18)30(37)38-25-10-6-5-9-21(25)17-33-35-29(36)28-26(19-7-3-2-4-8-19)23-15-22(31)16-24(32)27(23)34-28/h2-17,34H,1H3,(H,35,36). The summed E-state index contributed by atoms with van der Waals surface area (Å²) in [5.41, 5.74) is 6.90. The maximum Gasteiger partial charge on any atom is 0.343 e. The second kappa shape index (κ2) is 10.9. The van der Waals surface area contributed by atoms with Gasteiger partial charge in [0.15, 0.2) is 0 Å². The number of esters is 1. The number of aryl methyl sites for hydroxylation is 1. The van der Waals surface area contributed by atoms with E-state index < -0.39 is 11.9 Å². The molecule has 6 nitrogen and oxygen atoms in total. The van der Waals surface area contributed by atoms with E-state index in [9.17, 15) is 9.59 Å². The maximum atomic E-state index is 13.3. The van der Waals surface area contributed by atoms with E-state index in [2.05, 4.69) is 15.5 Å². The van der Waals surface area contributed by atoms with Crippen LogP contribution >= 0.6 is 23.2 Å². The summed E-state index contributed by atoms with van der Waals surface area (Å²) in [6.07, 6.45) is 1.42. The second-order valence-electron chi connectivity index (χ2n) is 8.54. The molecule has 0 saturated carbocycles. The SMILES string of the molecule is Cc1ccc(C(=O)Oc2ccccc2C=NNC(=O)c2[nH]c3c(Cl)cc(Cl)cc3c2-c2ccccc2)cc1. The van der Waals surface area contributed by atoms with Gasteiger partial charge in [0, 0.05) is 21.5 Å². The minimum atomic E-state index is -0.490. The van der Waals surface area contributed by atoms with Gasteiger partial charge in [-0.1, -0.05) is 83.4 Å². The highest BCUT2D eigenvalue weighted by Crippen LogP contribution is 2.37. The zero-order valence-electron chi connectivity index (χ0n) is 20.2. The van der Waals surface area contributed by atoms with Crippen molar-refractivity contribution in [3.8, 4) is 16.9 Å². The number of hydrogen-bond acceptors (Lipinski definition) is 4. The van der Waals surface area contributed by atoms with Crippen molar-refractivity contribution in [2.45, 2.75) is 6.92 Å². The molecule has 0 aliphatic heterocycles. The molecule has 0 fully saturated rings. The summed E-state index contributed by atoms with van der Waals surface area (Å²) >= 11 is 12.7. The van der Waals surface area contributed by atoms with Gasteiger partial charge in [-0.25, -0.2) is 10.2 Å². The largest absolute Gasteiger partial charge is 0.422 e. The number of rotatable bonds is 6. The Hall–Kier alpha value is -4.39. The van der Waals surface area contributed by atoms with Gasteiger partial charge in [0.25, 0.3) is 5.91 Å². The van der Waals surface area contributed by atoms with E-state index in [0.29, 0.717) is 38.0 Å². The average Bonchev–Trinajstić information content (AvgIpc) is 3.30. The van der Waals surface area contributed by atoms with Crippen LogP contribution in [0.15, 0.2) is 96.1 Å². The number of carbonyl (C=O) groups is 2. The number of benzene rings is 4. The fraction of sp³-hybridized carbons (Fsp3) is 0.0333. The van der Waals surface area contributed by atoms with Gasteiger partial charge in [0.2, 0.25) is 0 Å². The Balaban J connectivity index is 1.41. The first-order chi connectivity index (χ1) is 18.4. The molecule has 0 saturated heterocycles. The average molecular weight is 542 g/mol. The van der Waals surface area contributed by atoms with Crippen LogP contribution in [0.2, 0.25) is 10.0 Å². The van der Waals surface area contributed by atoms with Gasteiger partial charge in [-0.05, 0) is 48.9 Å². The third-order valence-electron chi connectivity index (χ3n) is 5.89. The van der Waals surface area contributed by atoms with Crippen molar-refractivity contribution in [2.75, 3.05) is 0 Å². The van der Waals surface area contributed by atoms with E-state index in [0.717, 1.165) is 16.5 Å². The zero-order valence-corrected chi connectivity index (χ0v) is 21.7. The van der Waals surface area contributed by atoms with E-state index >= 15 is 0 Å². The van der Waals surface area contributed by atoms with Crippen LogP contribution in [-0.4, -0.2) is 23.1 Å². The molecule has 8 heteroatoms. The number of halogens is 2. The quantitative estimate of drug-likeness (QED) is 0.101. The summed E-state index contributed by atoms with van der Waals surface area (Å²) in [5, 5.41) is 5.70. The summed E-state index contributed by atoms with van der Waals surface area (Å²) in [6, 6.07) is 26.9. The summed E-state index contributed by atoms with van der Waals surface area (Å²) in [5.74, 6) is -0.651. The minimum Gasteiger partial charge on any atom is -0.422 e. The van der Waals surface area contributed by atoms with Gasteiger partial charge >= 0.3 is 5.97 Å². The highest BCUT2D eigenvalue weighted by Gasteiger charge is 2.21. The summed E-state index contributed by atoms with van der Waals surface area (Å²) in [7, 11) is 0. The molecule has 4 aromatic carbocycles. The molecule has 5 aromatic rings. The second-order valence-corrected chi connectivity index (χ2v) is 9.39. The van der Waals surface area contributed by atoms with E-state index in [-0.39, 0.29) is 5.69 Å². The number of hydrazone groups is 1. The number of carbonyl (C=O) groups excluding carboxylic acids is 2. The number of H-pyrrole nitrogens is 1. The molecule has 0 aliphatic carbocycles. The Morgan fingerprint density at radius 3 is 2.39 bits per heavy atom. The molecule has 5 rings (SSSR count). The van der Waals surface area contributed by atoms with Crippen LogP contribution in [-0.2, 0) is 0 Å². The molecule has 2 N–H and O–H groups in total. The molecular formula is C30H21Cl2N3O3. The van der Waals surface area contributed by atoms with E-state index in [1.165, 1.54) is 6.21 Å². The molecular weight excluding hydrogens is 521 g/mol. The Kier molecular flexibility index (Phi) is 7.26. The van der Waals surface area contributed by atoms with Crippen molar-refractivity contribution < 1.29 is 14.3 Å². The predicted molar refractivity (Wildman–Crippen MR) is 151 cm³/mol. The molecule has 0 atom stereocenters. The normalized spacial score (nSPS) is 11.1. The first-order valence-electron chi connectivity index (χ1n) is 11.7. The van der Waals surface area contributed by atoms with Gasteiger partial charge in [-0.3, -0.25) is 4.79 Å². The van der Waals surface area contributed by atoms with Gasteiger partial charge in [0.1, 0.15) is 11.4 Å². The third-order valence-corrected chi connectivity index (χ3v) is 6.41. The van der Waals surface area contributed by atoms with Crippen LogP contribution in [0, 0.1) is 6.92 Å². The lowest BCUT2D eigenvalue weighted by molar-refractivity contribution is 0.0734. The number of fused-ring (bicyclic) bond motifs is 1. The van der Waals surface area contributed by atoms with E-state index in [4.69, 9.17) is 27.9 Å². The fourth-order valence-corrected chi connectivity index (χ4v) is 4.58. The van der Waals surface area contributed by atoms with Crippen molar-refractivity contribution in [2.24, 2.45) is 5.10 Å². The fourth-order valence-electron chi connectivity index (χ4n) is 4.04. The van der Waals surface area contributed by atoms with Gasteiger partial charge in [0.05, 0.1) is 22.3 Å². The first kappa shape index (κ1) is 25.3. The molecule has 1 aromatic heterocycles. The maximum absolute atomic E-state index is 13.3. The highest BCUT2D eigenvalue weighted by molar-refractivity contribution is 6.39. The molecule has 38 heavy (non-hydrogen) atoms. The van der Waals surface area contributed by atoms with Gasteiger partial charge < -0.3 is 9.72 Å². The zero-order chi connectivity index (χ0) is 26.6. The first-order valence-corrected chi connectivity index (χ1v) is 12.4. The monoisotopic (exact) mass is 541 g/mol. The van der Waals surface area contributed by atoms with Crippen LogP contribution in [0.5, 0.6) is 5.75 Å². The number of aromatic amines is 1. The molecule has 0 aliphatic rings. The van der Waals surface area contributed by atoms with Crippen LogP contribution in [0.3, 0.4) is 0 Å². The molecule has 0 unspecified atom stereocenters. The number of para-hydroxylation sites is 1. The molecule has 0 spiro atoms. The molecule has 1 amide bonds. The third kappa shape index (κ3) is 5.32. The van der Waals surface area contributed by atoms with Crippen LogP contribution in [0.4, 0.5) is 0 Å². The number of hydrogen-bond donors (Lipinski definition) is 2. The van der Waals surface area contributed by atoms with Crippen molar-refractivity contribution in [1.29, 1.82) is 0 Å².